The van der Waals surface area contributed by atoms with Crippen LogP contribution in [0.1, 0.15) is 43.7 Å². The van der Waals surface area contributed by atoms with Crippen molar-refractivity contribution in [2.75, 3.05) is 11.9 Å². The van der Waals surface area contributed by atoms with Crippen molar-refractivity contribution < 1.29 is 9.52 Å². The lowest BCUT2D eigenvalue weighted by Gasteiger charge is -2.21. The van der Waals surface area contributed by atoms with Crippen LogP contribution in [0.3, 0.4) is 0 Å². The van der Waals surface area contributed by atoms with E-state index in [1.807, 2.05) is 26.8 Å². The van der Waals surface area contributed by atoms with E-state index in [9.17, 15) is 5.11 Å². The molecule has 0 aliphatic carbocycles. The van der Waals surface area contributed by atoms with Crippen molar-refractivity contribution in [3.05, 3.63) is 35.0 Å². The third-order valence-corrected chi connectivity index (χ3v) is 3.37. The SMILES string of the molecule is CCc1nnc(NCC(C)(O)c2ccc(C)o2)nc1CC. The largest absolute Gasteiger partial charge is 0.463 e. The first kappa shape index (κ1) is 15.4. The first-order valence-electron chi connectivity index (χ1n) is 7.22. The summed E-state index contributed by atoms with van der Waals surface area (Å²) in [5.41, 5.74) is 0.716. The van der Waals surface area contributed by atoms with Crippen molar-refractivity contribution in [3.63, 3.8) is 0 Å². The van der Waals surface area contributed by atoms with Gasteiger partial charge in [-0.2, -0.15) is 5.10 Å². The highest BCUT2D eigenvalue weighted by Gasteiger charge is 2.27. The predicted octanol–water partition coefficient (Wildman–Crippen LogP) is 2.22. The number of aryl methyl sites for hydroxylation is 3. The van der Waals surface area contributed by atoms with Crippen LogP contribution in [0.5, 0.6) is 0 Å². The van der Waals surface area contributed by atoms with Crippen LogP contribution in [0, 0.1) is 6.92 Å². The summed E-state index contributed by atoms with van der Waals surface area (Å²) in [5, 5.41) is 21.7. The Kier molecular flexibility index (Phi) is 4.57. The molecule has 0 radical (unpaired) electrons. The van der Waals surface area contributed by atoms with Crippen LogP contribution in [0.15, 0.2) is 16.5 Å². The van der Waals surface area contributed by atoms with Crippen LogP contribution in [-0.4, -0.2) is 26.8 Å². The molecule has 2 rings (SSSR count). The molecule has 0 aliphatic rings. The molecule has 2 aromatic heterocycles. The molecule has 1 unspecified atom stereocenters. The first-order valence-corrected chi connectivity index (χ1v) is 7.22. The zero-order valence-corrected chi connectivity index (χ0v) is 13.0. The highest BCUT2D eigenvalue weighted by atomic mass is 16.4. The number of hydrogen-bond acceptors (Lipinski definition) is 6. The Hall–Kier alpha value is -1.95. The molecule has 0 aliphatic heterocycles. The van der Waals surface area contributed by atoms with Crippen molar-refractivity contribution in [1.82, 2.24) is 15.2 Å². The maximum Gasteiger partial charge on any atom is 0.243 e. The molecule has 0 spiro atoms. The zero-order chi connectivity index (χ0) is 15.5. The fourth-order valence-corrected chi connectivity index (χ4v) is 2.08. The summed E-state index contributed by atoms with van der Waals surface area (Å²) in [6, 6.07) is 3.60. The van der Waals surface area contributed by atoms with E-state index in [0.29, 0.717) is 11.7 Å². The number of nitrogens with zero attached hydrogens (tertiary/aromatic N) is 3. The second-order valence-electron chi connectivity index (χ2n) is 5.27. The Morgan fingerprint density at radius 2 is 1.90 bits per heavy atom. The number of aliphatic hydroxyl groups is 1. The lowest BCUT2D eigenvalue weighted by Crippen LogP contribution is -2.31. The van der Waals surface area contributed by atoms with Gasteiger partial charge in [-0.05, 0) is 38.8 Å². The molecule has 2 aromatic rings. The Morgan fingerprint density at radius 3 is 2.48 bits per heavy atom. The normalized spacial score (nSPS) is 14.0. The second kappa shape index (κ2) is 6.22. The maximum absolute atomic E-state index is 10.5. The van der Waals surface area contributed by atoms with E-state index < -0.39 is 5.60 Å². The lowest BCUT2D eigenvalue weighted by molar-refractivity contribution is 0.0466. The molecule has 21 heavy (non-hydrogen) atoms. The molecule has 6 heteroatoms. The van der Waals surface area contributed by atoms with Gasteiger partial charge in [0.05, 0.1) is 17.9 Å². The molecule has 1 atom stereocenters. The van der Waals surface area contributed by atoms with Gasteiger partial charge in [-0.25, -0.2) is 4.98 Å². The number of nitrogens with one attached hydrogen (secondary N) is 1. The topological polar surface area (TPSA) is 84.1 Å². The van der Waals surface area contributed by atoms with Crippen molar-refractivity contribution in [2.45, 2.75) is 46.1 Å². The number of furan rings is 1. The summed E-state index contributed by atoms with van der Waals surface area (Å²) < 4.78 is 5.47. The third kappa shape index (κ3) is 3.58. The summed E-state index contributed by atoms with van der Waals surface area (Å²) >= 11 is 0. The molecule has 0 saturated carbocycles. The predicted molar refractivity (Wildman–Crippen MR) is 80.1 cm³/mol. The zero-order valence-electron chi connectivity index (χ0n) is 13.0. The molecule has 114 valence electrons. The van der Waals surface area contributed by atoms with Crippen LogP contribution >= 0.6 is 0 Å². The van der Waals surface area contributed by atoms with Gasteiger partial charge in [0.15, 0.2) is 0 Å². The highest BCUT2D eigenvalue weighted by Crippen LogP contribution is 2.23. The molecule has 0 saturated heterocycles. The van der Waals surface area contributed by atoms with Gasteiger partial charge in [-0.3, -0.25) is 0 Å². The third-order valence-electron chi connectivity index (χ3n) is 3.37. The Balaban J connectivity index is 2.08. The van der Waals surface area contributed by atoms with Gasteiger partial charge >= 0.3 is 0 Å². The number of rotatable bonds is 6. The Morgan fingerprint density at radius 1 is 1.19 bits per heavy atom. The van der Waals surface area contributed by atoms with Gasteiger partial charge in [0, 0.05) is 0 Å². The lowest BCUT2D eigenvalue weighted by atomic mass is 10.0. The van der Waals surface area contributed by atoms with Gasteiger partial charge in [-0.15, -0.1) is 5.10 Å². The minimum atomic E-state index is -1.13. The Bertz CT molecular complexity index is 607. The van der Waals surface area contributed by atoms with E-state index in [1.165, 1.54) is 0 Å². The van der Waals surface area contributed by atoms with E-state index in [-0.39, 0.29) is 6.54 Å². The van der Waals surface area contributed by atoms with Gasteiger partial charge in [0.2, 0.25) is 5.95 Å². The fourth-order valence-electron chi connectivity index (χ4n) is 2.08. The van der Waals surface area contributed by atoms with Crippen molar-refractivity contribution >= 4 is 5.95 Å². The second-order valence-corrected chi connectivity index (χ2v) is 5.27. The van der Waals surface area contributed by atoms with Gasteiger partial charge in [0.25, 0.3) is 0 Å². The maximum atomic E-state index is 10.5. The van der Waals surface area contributed by atoms with E-state index in [2.05, 4.69) is 20.5 Å². The molecule has 0 bridgehead atoms. The first-order chi connectivity index (χ1) is 9.96. The van der Waals surface area contributed by atoms with Crippen LogP contribution in [0.2, 0.25) is 0 Å². The van der Waals surface area contributed by atoms with E-state index in [1.54, 1.807) is 13.0 Å². The minimum Gasteiger partial charge on any atom is -0.463 e. The number of aromatic nitrogens is 3. The van der Waals surface area contributed by atoms with E-state index in [0.717, 1.165) is 30.0 Å². The molecule has 2 N–H and O–H groups in total. The molecule has 6 nitrogen and oxygen atoms in total. The average Bonchev–Trinajstić information content (AvgIpc) is 2.92. The summed E-state index contributed by atoms with van der Waals surface area (Å²) in [7, 11) is 0. The van der Waals surface area contributed by atoms with Crippen molar-refractivity contribution in [1.29, 1.82) is 0 Å². The average molecular weight is 290 g/mol. The minimum absolute atomic E-state index is 0.246. The molecule has 0 amide bonds. The van der Waals surface area contributed by atoms with Crippen LogP contribution in [-0.2, 0) is 18.4 Å². The molecule has 0 aromatic carbocycles. The van der Waals surface area contributed by atoms with Crippen molar-refractivity contribution in [3.8, 4) is 0 Å². The van der Waals surface area contributed by atoms with E-state index in [4.69, 9.17) is 4.42 Å². The monoisotopic (exact) mass is 290 g/mol. The van der Waals surface area contributed by atoms with Crippen LogP contribution in [0.25, 0.3) is 0 Å². The van der Waals surface area contributed by atoms with Crippen LogP contribution in [0.4, 0.5) is 5.95 Å². The molecular weight excluding hydrogens is 268 g/mol. The van der Waals surface area contributed by atoms with Gasteiger partial charge in [0.1, 0.15) is 17.1 Å². The highest BCUT2D eigenvalue weighted by molar-refractivity contribution is 5.27. The molecule has 2 heterocycles. The van der Waals surface area contributed by atoms with E-state index >= 15 is 0 Å². The number of hydrogen-bond donors (Lipinski definition) is 2. The summed E-state index contributed by atoms with van der Waals surface area (Å²) in [5.74, 6) is 1.71. The molecule has 0 fully saturated rings. The fraction of sp³-hybridized carbons (Fsp3) is 0.533. The van der Waals surface area contributed by atoms with Crippen molar-refractivity contribution in [2.24, 2.45) is 0 Å². The summed E-state index contributed by atoms with van der Waals surface area (Å²) in [6.07, 6.45) is 1.62. The quantitative estimate of drug-likeness (QED) is 0.848. The van der Waals surface area contributed by atoms with Gasteiger partial charge < -0.3 is 14.8 Å². The summed E-state index contributed by atoms with van der Waals surface area (Å²) in [4.78, 5) is 4.44. The van der Waals surface area contributed by atoms with Crippen LogP contribution < -0.4 is 5.32 Å². The number of anilines is 1. The smallest absolute Gasteiger partial charge is 0.243 e. The Labute approximate surface area is 124 Å². The van der Waals surface area contributed by atoms with Gasteiger partial charge in [-0.1, -0.05) is 13.8 Å². The standard InChI is InChI=1S/C15H22N4O2/c1-5-11-12(6-2)18-19-14(17-11)16-9-15(4,20)13-8-7-10(3)21-13/h7-8,20H,5-6,9H2,1-4H3,(H,16,17,19). The summed E-state index contributed by atoms with van der Waals surface area (Å²) in [6.45, 7) is 7.84. The molecular formula is C15H22N4O2.